The number of nitriles is 1. The predicted octanol–water partition coefficient (Wildman–Crippen LogP) is 2.85. The molecule has 0 saturated heterocycles. The molecule has 7 heteroatoms. The van der Waals surface area contributed by atoms with Crippen molar-refractivity contribution in [3.8, 4) is 11.8 Å². The normalized spacial score (nSPS) is 12.5. The lowest BCUT2D eigenvalue weighted by molar-refractivity contribution is 0.290. The number of sulfonamides is 1. The van der Waals surface area contributed by atoms with Crippen LogP contribution in [0.4, 0.5) is 0 Å². The number of pyridine rings is 1. The number of nitrogens with one attached hydrogen (secondary N) is 1. The van der Waals surface area contributed by atoms with Gasteiger partial charge in [-0.3, -0.25) is 4.98 Å². The van der Waals surface area contributed by atoms with Crippen molar-refractivity contribution in [2.45, 2.75) is 17.9 Å². The molecular weight excluding hydrogens is 350 g/mol. The second-order valence-corrected chi connectivity index (χ2v) is 7.45. The van der Waals surface area contributed by atoms with E-state index in [-0.39, 0.29) is 17.1 Å². The van der Waals surface area contributed by atoms with Crippen LogP contribution in [-0.4, -0.2) is 26.1 Å². The smallest absolute Gasteiger partial charge is 0.242 e. The maximum atomic E-state index is 12.5. The summed E-state index contributed by atoms with van der Waals surface area (Å²) in [7, 11) is -3.81. The lowest BCUT2D eigenvalue weighted by Gasteiger charge is -2.16. The highest BCUT2D eigenvalue weighted by molar-refractivity contribution is 7.89. The van der Waals surface area contributed by atoms with Gasteiger partial charge in [-0.05, 0) is 43.3 Å². The number of nitrogens with zero attached hydrogens (tertiary/aromatic N) is 2. The third-order valence-electron chi connectivity index (χ3n) is 3.75. The third-order valence-corrected chi connectivity index (χ3v) is 5.40. The van der Waals surface area contributed by atoms with Gasteiger partial charge in [0.15, 0.2) is 0 Å². The van der Waals surface area contributed by atoms with Crippen LogP contribution in [0.5, 0.6) is 5.75 Å². The van der Waals surface area contributed by atoms with Crippen LogP contribution in [0.25, 0.3) is 10.9 Å². The van der Waals surface area contributed by atoms with Crippen molar-refractivity contribution in [1.29, 1.82) is 5.26 Å². The van der Waals surface area contributed by atoms with Gasteiger partial charge < -0.3 is 4.74 Å². The second kappa shape index (κ2) is 7.52. The molecule has 3 rings (SSSR count). The lowest BCUT2D eigenvalue weighted by Crippen LogP contribution is -2.37. The van der Waals surface area contributed by atoms with Crippen molar-refractivity contribution in [1.82, 2.24) is 9.71 Å². The molecule has 2 aromatic carbocycles. The van der Waals surface area contributed by atoms with E-state index >= 15 is 0 Å². The van der Waals surface area contributed by atoms with Crippen LogP contribution in [0.3, 0.4) is 0 Å². The van der Waals surface area contributed by atoms with E-state index in [9.17, 15) is 8.42 Å². The van der Waals surface area contributed by atoms with E-state index in [1.54, 1.807) is 25.3 Å². The van der Waals surface area contributed by atoms with Gasteiger partial charge in [0.2, 0.25) is 10.0 Å². The van der Waals surface area contributed by atoms with E-state index in [0.29, 0.717) is 5.75 Å². The van der Waals surface area contributed by atoms with Gasteiger partial charge in [-0.1, -0.05) is 18.2 Å². The zero-order chi connectivity index (χ0) is 18.6. The molecule has 1 aromatic heterocycles. The largest absolute Gasteiger partial charge is 0.491 e. The number of hydrogen-bond acceptors (Lipinski definition) is 5. The SMILES string of the molecule is C[C@@H](COc1cccc2ncccc12)NS(=O)(=O)c1ccccc1C#N. The Morgan fingerprint density at radius 2 is 1.96 bits per heavy atom. The van der Waals surface area contributed by atoms with Gasteiger partial charge >= 0.3 is 0 Å². The van der Waals surface area contributed by atoms with Crippen molar-refractivity contribution in [3.05, 3.63) is 66.4 Å². The van der Waals surface area contributed by atoms with Crippen molar-refractivity contribution >= 4 is 20.9 Å². The first kappa shape index (κ1) is 17.9. The Morgan fingerprint density at radius 3 is 2.77 bits per heavy atom. The molecule has 3 aromatic rings. The maximum Gasteiger partial charge on any atom is 0.242 e. The summed E-state index contributed by atoms with van der Waals surface area (Å²) in [6, 6.07) is 16.7. The van der Waals surface area contributed by atoms with Gasteiger partial charge in [-0.25, -0.2) is 13.1 Å². The van der Waals surface area contributed by atoms with Crippen molar-refractivity contribution in [2.75, 3.05) is 6.61 Å². The standard InChI is InChI=1S/C19H17N3O3S/c1-14(22-26(23,24)19-10-3-2-6-15(19)12-20)13-25-18-9-4-8-17-16(18)7-5-11-21-17/h2-11,14,22H,13H2,1H3/t14-/m0/s1. The van der Waals surface area contributed by atoms with E-state index in [1.807, 2.05) is 36.4 Å². The summed E-state index contributed by atoms with van der Waals surface area (Å²) in [6.07, 6.45) is 1.70. The highest BCUT2D eigenvalue weighted by Gasteiger charge is 2.21. The molecule has 6 nitrogen and oxygen atoms in total. The van der Waals surface area contributed by atoms with Gasteiger partial charge in [-0.2, -0.15) is 5.26 Å². The summed E-state index contributed by atoms with van der Waals surface area (Å²) < 4.78 is 33.4. The number of ether oxygens (including phenoxy) is 1. The van der Waals surface area contributed by atoms with Gasteiger partial charge in [0.1, 0.15) is 18.4 Å². The van der Waals surface area contributed by atoms with E-state index in [0.717, 1.165) is 10.9 Å². The van der Waals surface area contributed by atoms with Gasteiger partial charge in [0, 0.05) is 11.6 Å². The van der Waals surface area contributed by atoms with E-state index in [2.05, 4.69) is 9.71 Å². The van der Waals surface area contributed by atoms with Crippen molar-refractivity contribution < 1.29 is 13.2 Å². The van der Waals surface area contributed by atoms with E-state index < -0.39 is 16.1 Å². The minimum Gasteiger partial charge on any atom is -0.491 e. The second-order valence-electron chi connectivity index (χ2n) is 5.77. The third kappa shape index (κ3) is 3.82. The molecule has 0 fully saturated rings. The highest BCUT2D eigenvalue weighted by Crippen LogP contribution is 2.23. The molecule has 1 N–H and O–H groups in total. The topological polar surface area (TPSA) is 92.1 Å². The Hall–Kier alpha value is -2.95. The summed E-state index contributed by atoms with van der Waals surface area (Å²) in [5.74, 6) is 0.638. The zero-order valence-corrected chi connectivity index (χ0v) is 14.9. The molecule has 0 aliphatic rings. The first-order valence-electron chi connectivity index (χ1n) is 7.99. The molecular formula is C19H17N3O3S. The van der Waals surface area contributed by atoms with Gasteiger partial charge in [0.25, 0.3) is 0 Å². The molecule has 0 spiro atoms. The van der Waals surface area contributed by atoms with Crippen LogP contribution >= 0.6 is 0 Å². The fourth-order valence-electron chi connectivity index (χ4n) is 2.57. The predicted molar refractivity (Wildman–Crippen MR) is 98.2 cm³/mol. The van der Waals surface area contributed by atoms with Crippen LogP contribution < -0.4 is 9.46 Å². The Labute approximate surface area is 152 Å². The van der Waals surface area contributed by atoms with Crippen molar-refractivity contribution in [3.63, 3.8) is 0 Å². The number of rotatable bonds is 6. The molecule has 132 valence electrons. The Balaban J connectivity index is 1.73. The molecule has 1 heterocycles. The molecule has 1 atom stereocenters. The fraction of sp³-hybridized carbons (Fsp3) is 0.158. The molecule has 26 heavy (non-hydrogen) atoms. The number of benzene rings is 2. The quantitative estimate of drug-likeness (QED) is 0.723. The molecule has 0 saturated carbocycles. The summed E-state index contributed by atoms with van der Waals surface area (Å²) >= 11 is 0. The van der Waals surface area contributed by atoms with E-state index in [4.69, 9.17) is 10.00 Å². The molecule has 0 radical (unpaired) electrons. The molecule has 0 amide bonds. The van der Waals surface area contributed by atoms with Crippen LogP contribution in [0.2, 0.25) is 0 Å². The Kier molecular flexibility index (Phi) is 5.16. The molecule has 0 aliphatic carbocycles. The number of aromatic nitrogens is 1. The van der Waals surface area contributed by atoms with Crippen molar-refractivity contribution in [2.24, 2.45) is 0 Å². The highest BCUT2D eigenvalue weighted by atomic mass is 32.2. The average Bonchev–Trinajstić information content (AvgIpc) is 2.66. The lowest BCUT2D eigenvalue weighted by atomic mass is 10.2. The summed E-state index contributed by atoms with van der Waals surface area (Å²) in [4.78, 5) is 4.23. The first-order valence-corrected chi connectivity index (χ1v) is 9.47. The fourth-order valence-corrected chi connectivity index (χ4v) is 3.96. The summed E-state index contributed by atoms with van der Waals surface area (Å²) in [5, 5.41) is 9.96. The summed E-state index contributed by atoms with van der Waals surface area (Å²) in [5.41, 5.74) is 0.912. The average molecular weight is 367 g/mol. The van der Waals surface area contributed by atoms with Crippen LogP contribution in [-0.2, 0) is 10.0 Å². The Morgan fingerprint density at radius 1 is 1.15 bits per heavy atom. The maximum absolute atomic E-state index is 12.5. The number of hydrogen-bond donors (Lipinski definition) is 1. The first-order chi connectivity index (χ1) is 12.5. The number of fused-ring (bicyclic) bond motifs is 1. The van der Waals surface area contributed by atoms with Crippen LogP contribution in [0.1, 0.15) is 12.5 Å². The minimum absolute atomic E-state index is 0.0382. The Bertz CT molecular complexity index is 1070. The van der Waals surface area contributed by atoms with E-state index in [1.165, 1.54) is 12.1 Å². The van der Waals surface area contributed by atoms with Crippen LogP contribution in [0, 0.1) is 11.3 Å². The minimum atomic E-state index is -3.81. The molecule has 0 unspecified atom stereocenters. The van der Waals surface area contributed by atoms with Crippen LogP contribution in [0.15, 0.2) is 65.7 Å². The van der Waals surface area contributed by atoms with Gasteiger partial charge in [-0.15, -0.1) is 0 Å². The molecule has 0 aliphatic heterocycles. The monoisotopic (exact) mass is 367 g/mol. The van der Waals surface area contributed by atoms with Gasteiger partial charge in [0.05, 0.1) is 22.0 Å². The summed E-state index contributed by atoms with van der Waals surface area (Å²) in [6.45, 7) is 1.85. The zero-order valence-electron chi connectivity index (χ0n) is 14.1. The molecule has 0 bridgehead atoms.